The third-order valence-electron chi connectivity index (χ3n) is 7.91. The second-order valence-corrected chi connectivity index (χ2v) is 11.3. The van der Waals surface area contributed by atoms with Crippen molar-refractivity contribution in [2.75, 3.05) is 18.5 Å². The molecule has 52 heavy (non-hydrogen) atoms. The topological polar surface area (TPSA) is 206 Å². The van der Waals surface area contributed by atoms with E-state index in [0.717, 1.165) is 44.1 Å². The molecule has 0 bridgehead atoms. The standard InChI is InChI=1S/C19H16N6O.C18H13N5O2.CH4/c1-21-19(26)16-3-2-4-18(24-16)25-17-8-12(5-6-13(17)10-23-25)14-7-15(20)11-22-9-14;19-14-6-13(8-20-10-14)11-4-5-12-9-21-23(16(12)7-11)17-3-1-2-15(22-17)18(24)25;/h2-11H,20H2,1H3,(H,21,26);1-10H,19H2,(H,24,25);1H4. The van der Waals surface area contributed by atoms with Gasteiger partial charge in [-0.15, -0.1) is 0 Å². The van der Waals surface area contributed by atoms with Gasteiger partial charge in [0.2, 0.25) is 0 Å². The van der Waals surface area contributed by atoms with Crippen LogP contribution in [-0.2, 0) is 0 Å². The summed E-state index contributed by atoms with van der Waals surface area (Å²) in [6.07, 6.45) is 10.2. The van der Waals surface area contributed by atoms with Gasteiger partial charge in [0.25, 0.3) is 5.91 Å². The van der Waals surface area contributed by atoms with Crippen LogP contribution in [0.25, 0.3) is 55.7 Å². The molecule has 14 heteroatoms. The molecule has 0 atom stereocenters. The van der Waals surface area contributed by atoms with Crippen LogP contribution in [-0.4, -0.2) is 63.5 Å². The number of amides is 1. The number of nitrogens with one attached hydrogen (secondary N) is 1. The van der Waals surface area contributed by atoms with Crippen LogP contribution >= 0.6 is 0 Å². The number of rotatable bonds is 6. The highest BCUT2D eigenvalue weighted by molar-refractivity contribution is 5.92. The lowest BCUT2D eigenvalue weighted by Crippen LogP contribution is -2.19. The summed E-state index contributed by atoms with van der Waals surface area (Å²) in [6.45, 7) is 0. The number of fused-ring (bicyclic) bond motifs is 2. The predicted octanol–water partition coefficient (Wildman–Crippen LogP) is 5.82. The van der Waals surface area contributed by atoms with Gasteiger partial charge in [0.1, 0.15) is 5.69 Å². The molecule has 14 nitrogen and oxygen atoms in total. The Kier molecular flexibility index (Phi) is 9.63. The quantitative estimate of drug-likeness (QED) is 0.163. The van der Waals surface area contributed by atoms with Crippen molar-refractivity contribution in [2.24, 2.45) is 0 Å². The Bertz CT molecular complexity index is 2580. The number of hydrogen-bond acceptors (Lipinski definition) is 10. The number of benzene rings is 2. The van der Waals surface area contributed by atoms with Gasteiger partial charge < -0.3 is 21.9 Å². The Labute approximate surface area is 297 Å². The van der Waals surface area contributed by atoms with Crippen LogP contribution in [0.2, 0.25) is 0 Å². The number of carbonyl (C=O) groups excluding carboxylic acids is 1. The summed E-state index contributed by atoms with van der Waals surface area (Å²) in [5.41, 5.74) is 18.6. The fraction of sp³-hybridized carbons (Fsp3) is 0.0526. The largest absolute Gasteiger partial charge is 0.477 e. The van der Waals surface area contributed by atoms with Gasteiger partial charge in [-0.1, -0.05) is 43.8 Å². The smallest absolute Gasteiger partial charge is 0.354 e. The Morgan fingerprint density at radius 2 is 1.10 bits per heavy atom. The second kappa shape index (κ2) is 14.6. The monoisotopic (exact) mass is 691 g/mol. The molecular weight excluding hydrogens is 658 g/mol. The maximum absolute atomic E-state index is 11.8. The van der Waals surface area contributed by atoms with Crippen LogP contribution in [0.5, 0.6) is 0 Å². The summed E-state index contributed by atoms with van der Waals surface area (Å²) < 4.78 is 3.33. The molecule has 2 aromatic carbocycles. The van der Waals surface area contributed by atoms with Crippen molar-refractivity contribution in [1.82, 2.24) is 44.8 Å². The highest BCUT2D eigenvalue weighted by atomic mass is 16.4. The van der Waals surface area contributed by atoms with Gasteiger partial charge in [0.05, 0.1) is 34.8 Å². The number of pyridine rings is 4. The van der Waals surface area contributed by atoms with E-state index in [1.165, 1.54) is 6.07 Å². The van der Waals surface area contributed by atoms with Crippen molar-refractivity contribution in [3.05, 3.63) is 133 Å². The van der Waals surface area contributed by atoms with Crippen molar-refractivity contribution in [3.63, 3.8) is 0 Å². The summed E-state index contributed by atoms with van der Waals surface area (Å²) in [6, 6.07) is 25.6. The van der Waals surface area contributed by atoms with Gasteiger partial charge in [0, 0.05) is 53.7 Å². The molecule has 6 aromatic heterocycles. The summed E-state index contributed by atoms with van der Waals surface area (Å²) >= 11 is 0. The van der Waals surface area contributed by atoms with Crippen LogP contribution in [0, 0.1) is 0 Å². The van der Waals surface area contributed by atoms with Crippen LogP contribution in [0.1, 0.15) is 28.4 Å². The fourth-order valence-electron chi connectivity index (χ4n) is 5.45. The van der Waals surface area contributed by atoms with Crippen molar-refractivity contribution in [3.8, 4) is 33.9 Å². The number of aromatic nitrogens is 8. The summed E-state index contributed by atoms with van der Waals surface area (Å²) in [5, 5.41) is 22.4. The molecule has 0 spiro atoms. The Morgan fingerprint density at radius 3 is 1.56 bits per heavy atom. The molecule has 0 radical (unpaired) electrons. The van der Waals surface area contributed by atoms with Crippen molar-refractivity contribution in [1.29, 1.82) is 0 Å². The Hall–Kier alpha value is -7.48. The van der Waals surface area contributed by atoms with Crippen LogP contribution in [0.3, 0.4) is 0 Å². The van der Waals surface area contributed by atoms with E-state index < -0.39 is 5.97 Å². The first-order valence-electron chi connectivity index (χ1n) is 15.5. The lowest BCUT2D eigenvalue weighted by molar-refractivity contribution is 0.0690. The number of anilines is 2. The lowest BCUT2D eigenvalue weighted by atomic mass is 10.1. The van der Waals surface area contributed by atoms with E-state index in [2.05, 4.69) is 35.5 Å². The van der Waals surface area contributed by atoms with Crippen molar-refractivity contribution >= 4 is 45.1 Å². The highest BCUT2D eigenvalue weighted by Gasteiger charge is 2.13. The van der Waals surface area contributed by atoms with E-state index in [0.29, 0.717) is 28.7 Å². The summed E-state index contributed by atoms with van der Waals surface area (Å²) in [4.78, 5) is 39.8. The number of carbonyl (C=O) groups is 2. The first-order chi connectivity index (χ1) is 24.8. The summed E-state index contributed by atoms with van der Waals surface area (Å²) in [5.74, 6) is -0.304. The van der Waals surface area contributed by atoms with Crippen LogP contribution in [0.4, 0.5) is 11.4 Å². The molecule has 1 amide bonds. The van der Waals surface area contributed by atoms with E-state index in [-0.39, 0.29) is 19.0 Å². The molecule has 6 N–H and O–H groups in total. The Balaban J connectivity index is 0.000000175. The molecular formula is C38H33N11O3. The molecule has 0 aliphatic carbocycles. The highest BCUT2D eigenvalue weighted by Crippen LogP contribution is 2.28. The van der Waals surface area contributed by atoms with E-state index in [9.17, 15) is 9.59 Å². The molecule has 8 aromatic rings. The maximum atomic E-state index is 11.8. The third-order valence-corrected chi connectivity index (χ3v) is 7.91. The average molecular weight is 692 g/mol. The van der Waals surface area contributed by atoms with Crippen LogP contribution < -0.4 is 16.8 Å². The van der Waals surface area contributed by atoms with E-state index in [1.807, 2.05) is 54.6 Å². The number of carboxylic acid groups (broad SMARTS) is 1. The lowest BCUT2D eigenvalue weighted by Gasteiger charge is -2.07. The average Bonchev–Trinajstić information content (AvgIpc) is 3.79. The van der Waals surface area contributed by atoms with Crippen molar-refractivity contribution in [2.45, 2.75) is 7.43 Å². The van der Waals surface area contributed by atoms with Gasteiger partial charge in [-0.2, -0.15) is 10.2 Å². The second-order valence-electron chi connectivity index (χ2n) is 11.3. The van der Waals surface area contributed by atoms with Gasteiger partial charge >= 0.3 is 5.97 Å². The SMILES string of the molecule is C.CNC(=O)c1cccc(-n2ncc3ccc(-c4cncc(N)c4)cc32)n1.Nc1cncc(-c2ccc3cnn(-c4cccc(C(=O)O)n4)c3c2)c1. The molecule has 0 aliphatic heterocycles. The zero-order valence-corrected chi connectivity index (χ0v) is 27.0. The minimum atomic E-state index is -1.08. The fourth-order valence-corrected chi connectivity index (χ4v) is 5.45. The minimum Gasteiger partial charge on any atom is -0.477 e. The van der Waals surface area contributed by atoms with Crippen LogP contribution in [0.15, 0.2) is 122 Å². The summed E-state index contributed by atoms with van der Waals surface area (Å²) in [7, 11) is 1.58. The minimum absolute atomic E-state index is 0. The first-order valence-corrected chi connectivity index (χ1v) is 15.5. The predicted molar refractivity (Wildman–Crippen MR) is 200 cm³/mol. The van der Waals surface area contributed by atoms with Gasteiger partial charge in [-0.05, 0) is 59.7 Å². The number of hydrogen-bond donors (Lipinski definition) is 4. The van der Waals surface area contributed by atoms with Gasteiger partial charge in [-0.3, -0.25) is 14.8 Å². The number of nitrogens with two attached hydrogens (primary N) is 2. The maximum Gasteiger partial charge on any atom is 0.354 e. The molecule has 0 unspecified atom stereocenters. The van der Waals surface area contributed by atoms with Crippen molar-refractivity contribution < 1.29 is 14.7 Å². The molecule has 258 valence electrons. The Morgan fingerprint density at radius 1 is 0.615 bits per heavy atom. The molecule has 0 saturated carbocycles. The van der Waals surface area contributed by atoms with Gasteiger partial charge in [-0.25, -0.2) is 24.1 Å². The number of nitrogen functional groups attached to an aromatic ring is 2. The molecule has 0 aliphatic rings. The third kappa shape index (κ3) is 6.97. The zero-order chi connectivity index (χ0) is 35.5. The molecule has 6 heterocycles. The van der Waals surface area contributed by atoms with E-state index in [4.69, 9.17) is 16.6 Å². The first kappa shape index (κ1) is 34.4. The molecule has 0 fully saturated rings. The number of aromatic carboxylic acids is 1. The van der Waals surface area contributed by atoms with E-state index in [1.54, 1.807) is 77.9 Å². The number of nitrogens with zero attached hydrogens (tertiary/aromatic N) is 8. The zero-order valence-electron chi connectivity index (χ0n) is 27.0. The van der Waals surface area contributed by atoms with E-state index >= 15 is 0 Å². The molecule has 8 rings (SSSR count). The molecule has 0 saturated heterocycles. The number of carboxylic acids is 1. The van der Waals surface area contributed by atoms with Gasteiger partial charge in [0.15, 0.2) is 17.3 Å². The normalized spacial score (nSPS) is 10.6.